The lowest BCUT2D eigenvalue weighted by Crippen LogP contribution is -2.46. The Morgan fingerprint density at radius 3 is 2.54 bits per heavy atom. The first-order valence-corrected chi connectivity index (χ1v) is 9.48. The smallest absolute Gasteiger partial charge is 0.279 e. The van der Waals surface area contributed by atoms with Crippen LogP contribution in [-0.4, -0.2) is 61.7 Å². The molecule has 1 aliphatic heterocycles. The number of carbonyl (C=O) groups excluding carboxylic acids is 1. The average molecular weight is 354 g/mol. The Morgan fingerprint density at radius 1 is 1.33 bits per heavy atom. The molecule has 0 aliphatic carbocycles. The van der Waals surface area contributed by atoms with E-state index in [4.69, 9.17) is 0 Å². The Balaban J connectivity index is 2.19. The van der Waals surface area contributed by atoms with Gasteiger partial charge < -0.3 is 4.90 Å². The lowest BCUT2D eigenvalue weighted by atomic mass is 9.92. The van der Waals surface area contributed by atoms with Crippen molar-refractivity contribution in [1.29, 1.82) is 0 Å². The minimum atomic E-state index is -3.54. The molecular formula is C16H26N4O3S. The first kappa shape index (κ1) is 18.8. The lowest BCUT2D eigenvalue weighted by Gasteiger charge is -2.24. The van der Waals surface area contributed by atoms with Crippen LogP contribution in [0.3, 0.4) is 0 Å². The van der Waals surface area contributed by atoms with Crippen LogP contribution in [-0.2, 0) is 10.2 Å². The lowest BCUT2D eigenvalue weighted by molar-refractivity contribution is 0.0777. The van der Waals surface area contributed by atoms with E-state index in [0.29, 0.717) is 18.8 Å². The van der Waals surface area contributed by atoms with Gasteiger partial charge in [0.2, 0.25) is 0 Å². The minimum Gasteiger partial charge on any atom is -0.335 e. The number of aromatic nitrogens is 1. The molecule has 2 atom stereocenters. The molecule has 134 valence electrons. The number of pyridine rings is 1. The molecule has 1 N–H and O–H groups in total. The highest BCUT2D eigenvalue weighted by Crippen LogP contribution is 2.26. The Kier molecular flexibility index (Phi) is 5.62. The van der Waals surface area contributed by atoms with E-state index in [0.717, 1.165) is 10.00 Å². The fraction of sp³-hybridized carbons (Fsp3) is 0.625. The van der Waals surface area contributed by atoms with Gasteiger partial charge in [0.1, 0.15) is 5.69 Å². The van der Waals surface area contributed by atoms with Crippen LogP contribution in [0.5, 0.6) is 0 Å². The summed E-state index contributed by atoms with van der Waals surface area (Å²) in [7, 11) is -0.564. The Morgan fingerprint density at radius 2 is 2.00 bits per heavy atom. The molecule has 1 saturated heterocycles. The Hall–Kier alpha value is -1.51. The quantitative estimate of drug-likeness (QED) is 0.851. The summed E-state index contributed by atoms with van der Waals surface area (Å²) in [4.78, 5) is 18.7. The van der Waals surface area contributed by atoms with Crippen LogP contribution in [0.25, 0.3) is 0 Å². The van der Waals surface area contributed by atoms with Gasteiger partial charge in [-0.2, -0.15) is 17.4 Å². The predicted octanol–water partition coefficient (Wildman–Crippen LogP) is 0.883. The second-order valence-corrected chi connectivity index (χ2v) is 8.71. The SMILES string of the molecule is Cc1cccc(C(=O)N2C[C@@H](NS(=O)(=O)N(C)C)[C@H](C(C)C)C2)n1. The molecule has 1 amide bonds. The van der Waals surface area contributed by atoms with E-state index >= 15 is 0 Å². The van der Waals surface area contributed by atoms with Crippen LogP contribution in [0, 0.1) is 18.8 Å². The number of rotatable bonds is 5. The summed E-state index contributed by atoms with van der Waals surface area (Å²) in [5.41, 5.74) is 1.18. The van der Waals surface area contributed by atoms with Gasteiger partial charge >= 0.3 is 0 Å². The number of hydrogen-bond acceptors (Lipinski definition) is 4. The van der Waals surface area contributed by atoms with Gasteiger partial charge in [0.25, 0.3) is 16.1 Å². The van der Waals surface area contributed by atoms with Crippen molar-refractivity contribution in [1.82, 2.24) is 18.9 Å². The minimum absolute atomic E-state index is 0.0634. The number of nitrogens with zero attached hydrogens (tertiary/aromatic N) is 3. The van der Waals surface area contributed by atoms with Crippen molar-refractivity contribution in [3.05, 3.63) is 29.6 Å². The highest BCUT2D eigenvalue weighted by Gasteiger charge is 2.39. The molecule has 1 aliphatic rings. The molecule has 0 spiro atoms. The summed E-state index contributed by atoms with van der Waals surface area (Å²) < 4.78 is 28.2. The third-order valence-corrected chi connectivity index (χ3v) is 5.96. The number of carbonyl (C=O) groups is 1. The topological polar surface area (TPSA) is 82.6 Å². The molecule has 0 aromatic carbocycles. The summed E-state index contributed by atoms with van der Waals surface area (Å²) in [6, 6.07) is 5.03. The van der Waals surface area contributed by atoms with Crippen molar-refractivity contribution in [2.24, 2.45) is 11.8 Å². The zero-order valence-corrected chi connectivity index (χ0v) is 15.7. The maximum atomic E-state index is 12.7. The average Bonchev–Trinajstić information content (AvgIpc) is 2.89. The van der Waals surface area contributed by atoms with Gasteiger partial charge in [-0.25, -0.2) is 4.98 Å². The van der Waals surface area contributed by atoms with Gasteiger partial charge in [-0.3, -0.25) is 4.79 Å². The molecule has 7 nitrogen and oxygen atoms in total. The molecule has 8 heteroatoms. The fourth-order valence-corrected chi connectivity index (χ4v) is 3.76. The molecule has 0 saturated carbocycles. The van der Waals surface area contributed by atoms with Crippen LogP contribution in [0.1, 0.15) is 30.0 Å². The summed E-state index contributed by atoms with van der Waals surface area (Å²) in [6.07, 6.45) is 0. The van der Waals surface area contributed by atoms with Gasteiger partial charge in [-0.15, -0.1) is 0 Å². The third kappa shape index (κ3) is 4.12. The summed E-state index contributed by atoms with van der Waals surface area (Å²) in [6.45, 7) is 6.80. The molecule has 24 heavy (non-hydrogen) atoms. The molecule has 0 unspecified atom stereocenters. The molecule has 2 heterocycles. The molecule has 1 aromatic rings. The summed E-state index contributed by atoms with van der Waals surface area (Å²) >= 11 is 0. The highest BCUT2D eigenvalue weighted by atomic mass is 32.2. The number of likely N-dealkylation sites (tertiary alicyclic amines) is 1. The zero-order chi connectivity index (χ0) is 18.1. The standard InChI is InChI=1S/C16H26N4O3S/c1-11(2)13-9-20(10-15(13)18-24(22,23)19(4)5)16(21)14-8-6-7-12(3)17-14/h6-8,11,13,15,18H,9-10H2,1-5H3/t13-,15+/m0/s1. The molecular weight excluding hydrogens is 328 g/mol. The van der Waals surface area contributed by atoms with Crippen LogP contribution in [0.4, 0.5) is 0 Å². The molecule has 2 rings (SSSR count). The predicted molar refractivity (Wildman–Crippen MR) is 92.7 cm³/mol. The van der Waals surface area contributed by atoms with E-state index < -0.39 is 10.2 Å². The maximum Gasteiger partial charge on any atom is 0.279 e. The van der Waals surface area contributed by atoms with E-state index in [1.807, 2.05) is 26.8 Å². The van der Waals surface area contributed by atoms with Crippen LogP contribution < -0.4 is 4.72 Å². The van der Waals surface area contributed by atoms with E-state index in [1.54, 1.807) is 17.0 Å². The monoisotopic (exact) mass is 354 g/mol. The number of aryl methyl sites for hydroxylation is 1. The largest absolute Gasteiger partial charge is 0.335 e. The van der Waals surface area contributed by atoms with Gasteiger partial charge in [0.05, 0.1) is 0 Å². The van der Waals surface area contributed by atoms with Crippen LogP contribution in [0.15, 0.2) is 18.2 Å². The number of nitrogens with one attached hydrogen (secondary N) is 1. The van der Waals surface area contributed by atoms with Crippen molar-refractivity contribution in [3.8, 4) is 0 Å². The fourth-order valence-electron chi connectivity index (χ4n) is 2.92. The Labute approximate surface area is 144 Å². The summed E-state index contributed by atoms with van der Waals surface area (Å²) in [5.74, 6) is 0.160. The second-order valence-electron chi connectivity index (χ2n) is 6.79. The molecule has 1 fully saturated rings. The van der Waals surface area contributed by atoms with Crippen molar-refractivity contribution >= 4 is 16.1 Å². The van der Waals surface area contributed by atoms with E-state index in [2.05, 4.69) is 9.71 Å². The Bertz CT molecular complexity index is 703. The van der Waals surface area contributed by atoms with Crippen LogP contribution in [0.2, 0.25) is 0 Å². The van der Waals surface area contributed by atoms with E-state index in [1.165, 1.54) is 14.1 Å². The summed E-state index contributed by atoms with van der Waals surface area (Å²) in [5, 5.41) is 0. The number of amides is 1. The normalized spacial score (nSPS) is 21.7. The maximum absolute atomic E-state index is 12.7. The molecule has 1 aromatic heterocycles. The van der Waals surface area contributed by atoms with Crippen molar-refractivity contribution in [3.63, 3.8) is 0 Å². The first-order valence-electron chi connectivity index (χ1n) is 8.04. The number of hydrogen-bond donors (Lipinski definition) is 1. The van der Waals surface area contributed by atoms with Gasteiger partial charge in [0.15, 0.2) is 0 Å². The molecule has 0 bridgehead atoms. The van der Waals surface area contributed by atoms with E-state index in [9.17, 15) is 13.2 Å². The van der Waals surface area contributed by atoms with Crippen LogP contribution >= 0.6 is 0 Å². The van der Waals surface area contributed by atoms with Gasteiger partial charge in [-0.05, 0) is 30.9 Å². The highest BCUT2D eigenvalue weighted by molar-refractivity contribution is 7.87. The van der Waals surface area contributed by atoms with Crippen molar-refractivity contribution in [2.75, 3.05) is 27.2 Å². The van der Waals surface area contributed by atoms with Crippen molar-refractivity contribution < 1.29 is 13.2 Å². The first-order chi connectivity index (χ1) is 11.1. The second kappa shape index (κ2) is 7.16. The van der Waals surface area contributed by atoms with Gasteiger partial charge in [-0.1, -0.05) is 19.9 Å². The van der Waals surface area contributed by atoms with Crippen molar-refractivity contribution in [2.45, 2.75) is 26.8 Å². The van der Waals surface area contributed by atoms with E-state index in [-0.39, 0.29) is 23.8 Å². The third-order valence-electron chi connectivity index (χ3n) is 4.40. The molecule has 0 radical (unpaired) electrons. The van der Waals surface area contributed by atoms with Gasteiger partial charge in [0, 0.05) is 38.9 Å². The zero-order valence-electron chi connectivity index (χ0n) is 14.9.